The molecule has 0 N–H and O–H groups in total. The van der Waals surface area contributed by atoms with Gasteiger partial charge < -0.3 is 9.47 Å². The van der Waals surface area contributed by atoms with Crippen LogP contribution in [0.5, 0.6) is 5.75 Å². The zero-order chi connectivity index (χ0) is 34.8. The number of benzene rings is 3. The largest absolute Gasteiger partial charge is 0.496 e. The van der Waals surface area contributed by atoms with Crippen LogP contribution in [-0.4, -0.2) is 39.1 Å². The Balaban J connectivity index is 1.56. The Hall–Kier alpha value is -4.92. The third-order valence-electron chi connectivity index (χ3n) is 7.50. The van der Waals surface area contributed by atoms with Crippen molar-refractivity contribution in [2.75, 3.05) is 13.7 Å². The molecule has 6 rings (SSSR count). The van der Waals surface area contributed by atoms with Crippen LogP contribution in [-0.2, 0) is 9.53 Å². The third kappa shape index (κ3) is 6.98. The second kappa shape index (κ2) is 14.3. The number of halogens is 1. The van der Waals surface area contributed by atoms with Gasteiger partial charge in [-0.1, -0.05) is 63.7 Å². The molecule has 11 nitrogen and oxygen atoms in total. The summed E-state index contributed by atoms with van der Waals surface area (Å²) in [6, 6.07) is 20.2. The summed E-state index contributed by atoms with van der Waals surface area (Å²) in [5.74, 6) is -0.168. The average Bonchev–Trinajstić information content (AvgIpc) is 3.38. The molecule has 248 valence electrons. The summed E-state index contributed by atoms with van der Waals surface area (Å²) >= 11 is 5.75. The number of hydrogen-bond donors (Lipinski definition) is 0. The number of aromatic nitrogens is 3. The van der Waals surface area contributed by atoms with E-state index in [2.05, 4.69) is 25.9 Å². The minimum atomic E-state index is -0.967. The Kier molecular flexibility index (Phi) is 9.90. The summed E-state index contributed by atoms with van der Waals surface area (Å²) in [6.07, 6.45) is 1.59. The summed E-state index contributed by atoms with van der Waals surface area (Å²) in [6.45, 7) is 5.49. The molecule has 0 saturated carbocycles. The lowest BCUT2D eigenvalue weighted by Crippen LogP contribution is -2.40. The zero-order valence-electron chi connectivity index (χ0n) is 26.7. The number of esters is 1. The number of aryl methyl sites for hydroxylation is 2. The fourth-order valence-electron chi connectivity index (χ4n) is 5.50. The average molecular weight is 759 g/mol. The fraction of sp³-hybridized carbons (Fsp3) is 0.171. The Morgan fingerprint density at radius 1 is 1.08 bits per heavy atom. The predicted molar refractivity (Wildman–Crippen MR) is 190 cm³/mol. The highest BCUT2D eigenvalue weighted by atomic mass is 79.9. The van der Waals surface area contributed by atoms with E-state index in [0.29, 0.717) is 47.5 Å². The number of methoxy groups -OCH3 is 1. The smallest absolute Gasteiger partial charge is 0.338 e. The van der Waals surface area contributed by atoms with E-state index in [9.17, 15) is 19.7 Å². The molecule has 5 aromatic rings. The Morgan fingerprint density at radius 2 is 1.82 bits per heavy atom. The number of carbonyl (C=O) groups excluding carboxylic acids is 1. The lowest BCUT2D eigenvalue weighted by Gasteiger charge is -2.27. The first-order valence-electron chi connectivity index (χ1n) is 15.0. The van der Waals surface area contributed by atoms with Gasteiger partial charge in [0.15, 0.2) is 9.96 Å². The minimum Gasteiger partial charge on any atom is -0.496 e. The Labute approximate surface area is 297 Å². The molecule has 0 unspecified atom stereocenters. The molecule has 0 bridgehead atoms. The molecule has 1 atom stereocenters. The Bertz CT molecular complexity index is 2320. The van der Waals surface area contributed by atoms with Crippen LogP contribution >= 0.6 is 39.0 Å². The maximum absolute atomic E-state index is 14.3. The quantitative estimate of drug-likeness (QED) is 0.0748. The monoisotopic (exact) mass is 757 g/mol. The van der Waals surface area contributed by atoms with Crippen LogP contribution in [0.1, 0.15) is 41.0 Å². The summed E-state index contributed by atoms with van der Waals surface area (Å²) in [4.78, 5) is 54.2. The molecular weight excluding hydrogens is 730 g/mol. The van der Waals surface area contributed by atoms with Gasteiger partial charge in [0, 0.05) is 33.1 Å². The van der Waals surface area contributed by atoms with Gasteiger partial charge in [0.1, 0.15) is 11.8 Å². The fourth-order valence-corrected chi connectivity index (χ4v) is 7.83. The molecule has 49 heavy (non-hydrogen) atoms. The van der Waals surface area contributed by atoms with Crippen LogP contribution in [0.15, 0.2) is 103 Å². The van der Waals surface area contributed by atoms with E-state index in [-0.39, 0.29) is 22.4 Å². The first-order chi connectivity index (χ1) is 23.6. The maximum Gasteiger partial charge on any atom is 0.338 e. The first-order valence-corrected chi connectivity index (χ1v) is 17.4. The van der Waals surface area contributed by atoms with Gasteiger partial charge >= 0.3 is 5.97 Å². The van der Waals surface area contributed by atoms with Crippen LogP contribution in [0.3, 0.4) is 0 Å². The molecule has 0 radical (unpaired) electrons. The van der Waals surface area contributed by atoms with Gasteiger partial charge in [0.25, 0.3) is 11.2 Å². The number of rotatable bonds is 9. The van der Waals surface area contributed by atoms with E-state index in [4.69, 9.17) is 14.5 Å². The predicted octanol–water partition coefficient (Wildman–Crippen LogP) is 6.17. The summed E-state index contributed by atoms with van der Waals surface area (Å²) in [5.41, 5.74) is 3.11. The standard InChI is InChI=1S/C35H28BrN5O6S2/c1-5-47-33(43)29-30(22-9-7-6-8-10-22)39-35-40(31(29)24-18-23(36)12-13-26(24)46-4)32(42)28(49-35)17-21-11-14-27(25(16-21)41(44)45)48-34-37-19(2)15-20(3)38-34/h6-18,31H,5H2,1-4H3/b28-17-/t31-/m0/s1. The van der Waals surface area contributed by atoms with E-state index < -0.39 is 22.5 Å². The van der Waals surface area contributed by atoms with Crippen molar-refractivity contribution in [3.63, 3.8) is 0 Å². The lowest BCUT2D eigenvalue weighted by molar-refractivity contribution is -0.387. The molecule has 0 amide bonds. The van der Waals surface area contributed by atoms with Gasteiger partial charge in [0.05, 0.1) is 39.3 Å². The number of hydrogen-bond acceptors (Lipinski definition) is 11. The van der Waals surface area contributed by atoms with E-state index in [1.165, 1.54) is 17.7 Å². The number of carbonyl (C=O) groups is 1. The topological polar surface area (TPSA) is 139 Å². The molecule has 1 aliphatic rings. The summed E-state index contributed by atoms with van der Waals surface area (Å²) in [7, 11) is 1.52. The van der Waals surface area contributed by atoms with Crippen molar-refractivity contribution in [1.29, 1.82) is 0 Å². The zero-order valence-corrected chi connectivity index (χ0v) is 29.9. The van der Waals surface area contributed by atoms with Gasteiger partial charge in [0.2, 0.25) is 0 Å². The summed E-state index contributed by atoms with van der Waals surface area (Å²) < 4.78 is 13.7. The van der Waals surface area contributed by atoms with Gasteiger partial charge in [-0.2, -0.15) is 0 Å². The number of nitro groups is 1. The number of nitro benzene ring substituents is 1. The van der Waals surface area contributed by atoms with Crippen molar-refractivity contribution in [1.82, 2.24) is 14.5 Å². The normalized spacial score (nSPS) is 14.3. The van der Waals surface area contributed by atoms with Gasteiger partial charge in [-0.05, 0) is 74.5 Å². The van der Waals surface area contributed by atoms with Crippen molar-refractivity contribution in [2.24, 2.45) is 4.99 Å². The van der Waals surface area contributed by atoms with Crippen molar-refractivity contribution in [2.45, 2.75) is 36.9 Å². The van der Waals surface area contributed by atoms with Crippen molar-refractivity contribution in [3.8, 4) is 5.75 Å². The number of fused-ring (bicyclic) bond motifs is 1. The van der Waals surface area contributed by atoms with Crippen molar-refractivity contribution < 1.29 is 19.2 Å². The van der Waals surface area contributed by atoms with E-state index in [0.717, 1.165) is 34.5 Å². The molecule has 0 saturated heterocycles. The third-order valence-corrected chi connectivity index (χ3v) is 9.91. The van der Waals surface area contributed by atoms with E-state index in [1.807, 2.05) is 50.2 Å². The molecule has 0 aliphatic carbocycles. The van der Waals surface area contributed by atoms with Gasteiger partial charge in [-0.25, -0.2) is 19.8 Å². The number of thiazole rings is 1. The van der Waals surface area contributed by atoms with Crippen LogP contribution in [0, 0.1) is 24.0 Å². The van der Waals surface area contributed by atoms with Crippen LogP contribution in [0.2, 0.25) is 0 Å². The van der Waals surface area contributed by atoms with Gasteiger partial charge in [-0.15, -0.1) is 0 Å². The minimum absolute atomic E-state index is 0.111. The van der Waals surface area contributed by atoms with Crippen molar-refractivity contribution in [3.05, 3.63) is 141 Å². The van der Waals surface area contributed by atoms with Crippen LogP contribution in [0.4, 0.5) is 5.69 Å². The lowest BCUT2D eigenvalue weighted by atomic mass is 9.92. The van der Waals surface area contributed by atoms with E-state index in [1.54, 1.807) is 43.3 Å². The number of nitrogens with zero attached hydrogens (tertiary/aromatic N) is 5. The van der Waals surface area contributed by atoms with E-state index >= 15 is 0 Å². The van der Waals surface area contributed by atoms with Crippen LogP contribution < -0.4 is 19.6 Å². The second-order valence-electron chi connectivity index (χ2n) is 10.8. The highest BCUT2D eigenvalue weighted by molar-refractivity contribution is 9.10. The molecule has 0 fully saturated rings. The van der Waals surface area contributed by atoms with Crippen molar-refractivity contribution >= 4 is 62.5 Å². The molecule has 2 aromatic heterocycles. The van der Waals surface area contributed by atoms with Crippen LogP contribution in [0.25, 0.3) is 11.8 Å². The highest BCUT2D eigenvalue weighted by Crippen LogP contribution is 2.40. The molecule has 3 aromatic carbocycles. The number of ether oxygens (including phenoxy) is 2. The maximum atomic E-state index is 14.3. The first kappa shape index (κ1) is 34.0. The summed E-state index contributed by atoms with van der Waals surface area (Å²) in [5, 5.41) is 12.6. The highest BCUT2D eigenvalue weighted by Gasteiger charge is 2.37. The SMILES string of the molecule is CCOC(=O)C1=C(c2ccccc2)N=c2s/c(=C\c3ccc(Sc4nc(C)cc(C)n4)c([N+](=O)[O-])c3)c(=O)n2[C@H]1c1cc(Br)ccc1OC. The molecule has 3 heterocycles. The molecule has 1 aliphatic heterocycles. The molecule has 14 heteroatoms. The Morgan fingerprint density at radius 3 is 2.49 bits per heavy atom. The molecule has 0 spiro atoms. The van der Waals surface area contributed by atoms with Gasteiger partial charge in [-0.3, -0.25) is 19.5 Å². The molecular formula is C35H28BrN5O6S2. The second-order valence-corrected chi connectivity index (χ2v) is 13.8.